The molecule has 2 heteroatoms. The maximum absolute atomic E-state index is 5.47. The summed E-state index contributed by atoms with van der Waals surface area (Å²) in [5.74, 6) is 1.00. The summed E-state index contributed by atoms with van der Waals surface area (Å²) in [7, 11) is 4.04. The van der Waals surface area contributed by atoms with Gasteiger partial charge in [0.25, 0.3) is 0 Å². The molecular weight excluding hydrogens is 246 g/mol. The maximum atomic E-state index is 5.47. The quantitative estimate of drug-likeness (QED) is 0.811. The minimum absolute atomic E-state index is 0.353. The molecule has 1 aliphatic heterocycles. The molecule has 1 saturated heterocycles. The molecule has 110 valence electrons. The lowest BCUT2D eigenvalue weighted by Gasteiger charge is -2.57. The summed E-state index contributed by atoms with van der Waals surface area (Å²) in [6.45, 7) is 4.96. The third kappa shape index (κ3) is 2.05. The standard InChI is InChI=1S/C18H27NO/c1-17-9-4-5-10-18(17,11-12-19(2)14-17)15-7-6-8-16(13-15)20-3/h6-8,13H,4-5,9-12,14H2,1-3H3. The monoisotopic (exact) mass is 273 g/mol. The molecule has 2 nitrogen and oxygen atoms in total. The van der Waals surface area contributed by atoms with Gasteiger partial charge in [-0.3, -0.25) is 0 Å². The number of benzene rings is 1. The fraction of sp³-hybridized carbons (Fsp3) is 0.667. The summed E-state index contributed by atoms with van der Waals surface area (Å²) in [5, 5.41) is 0. The van der Waals surface area contributed by atoms with Crippen molar-refractivity contribution in [2.75, 3.05) is 27.2 Å². The summed E-state index contributed by atoms with van der Waals surface area (Å²) in [6.07, 6.45) is 6.73. The number of rotatable bonds is 2. The van der Waals surface area contributed by atoms with E-state index in [0.29, 0.717) is 10.8 Å². The third-order valence-corrected chi connectivity index (χ3v) is 5.90. The highest BCUT2D eigenvalue weighted by Crippen LogP contribution is 2.56. The molecule has 0 bridgehead atoms. The minimum atomic E-state index is 0.353. The predicted molar refractivity (Wildman–Crippen MR) is 83.4 cm³/mol. The lowest BCUT2D eigenvalue weighted by molar-refractivity contribution is -0.0115. The van der Waals surface area contributed by atoms with Gasteiger partial charge in [0.1, 0.15) is 5.75 Å². The number of ether oxygens (including phenoxy) is 1. The molecule has 0 amide bonds. The van der Waals surface area contributed by atoms with Crippen molar-refractivity contribution in [3.05, 3.63) is 29.8 Å². The van der Waals surface area contributed by atoms with E-state index in [4.69, 9.17) is 4.74 Å². The van der Waals surface area contributed by atoms with Crippen LogP contribution in [0.2, 0.25) is 0 Å². The zero-order valence-corrected chi connectivity index (χ0v) is 13.1. The van der Waals surface area contributed by atoms with Gasteiger partial charge in [0.05, 0.1) is 7.11 Å². The molecule has 2 atom stereocenters. The van der Waals surface area contributed by atoms with Crippen LogP contribution in [0.5, 0.6) is 5.75 Å². The highest BCUT2D eigenvalue weighted by Gasteiger charge is 2.52. The van der Waals surface area contributed by atoms with Gasteiger partial charge in [-0.1, -0.05) is 31.9 Å². The van der Waals surface area contributed by atoms with Crippen molar-refractivity contribution >= 4 is 0 Å². The van der Waals surface area contributed by atoms with Gasteiger partial charge < -0.3 is 9.64 Å². The van der Waals surface area contributed by atoms with Crippen molar-refractivity contribution in [2.45, 2.75) is 44.4 Å². The van der Waals surface area contributed by atoms with E-state index in [1.165, 1.54) is 50.8 Å². The minimum Gasteiger partial charge on any atom is -0.497 e. The second-order valence-electron chi connectivity index (χ2n) is 7.07. The Labute approximate surface area is 123 Å². The van der Waals surface area contributed by atoms with Crippen LogP contribution in [0.1, 0.15) is 44.6 Å². The van der Waals surface area contributed by atoms with Gasteiger partial charge >= 0.3 is 0 Å². The number of hydrogen-bond donors (Lipinski definition) is 0. The Morgan fingerprint density at radius 1 is 1.15 bits per heavy atom. The average molecular weight is 273 g/mol. The van der Waals surface area contributed by atoms with E-state index >= 15 is 0 Å². The first-order valence-corrected chi connectivity index (χ1v) is 7.93. The molecule has 0 N–H and O–H groups in total. The van der Waals surface area contributed by atoms with E-state index in [1.54, 1.807) is 7.11 Å². The summed E-state index contributed by atoms with van der Waals surface area (Å²) < 4.78 is 5.47. The van der Waals surface area contributed by atoms with Crippen molar-refractivity contribution in [2.24, 2.45) is 5.41 Å². The zero-order chi connectivity index (χ0) is 14.2. The summed E-state index contributed by atoms with van der Waals surface area (Å²) in [6, 6.07) is 8.85. The smallest absolute Gasteiger partial charge is 0.119 e. The van der Waals surface area contributed by atoms with Crippen LogP contribution in [0.25, 0.3) is 0 Å². The normalized spacial score (nSPS) is 34.5. The summed E-state index contributed by atoms with van der Waals surface area (Å²) >= 11 is 0. The van der Waals surface area contributed by atoms with E-state index < -0.39 is 0 Å². The topological polar surface area (TPSA) is 12.5 Å². The highest BCUT2D eigenvalue weighted by atomic mass is 16.5. The summed E-state index contributed by atoms with van der Waals surface area (Å²) in [5.41, 5.74) is 2.27. The van der Waals surface area contributed by atoms with Crippen molar-refractivity contribution in [3.63, 3.8) is 0 Å². The van der Waals surface area contributed by atoms with Crippen LogP contribution in [-0.4, -0.2) is 32.1 Å². The second-order valence-corrected chi connectivity index (χ2v) is 7.07. The fourth-order valence-electron chi connectivity index (χ4n) is 4.75. The van der Waals surface area contributed by atoms with Crippen LogP contribution in [0, 0.1) is 5.41 Å². The van der Waals surface area contributed by atoms with Crippen molar-refractivity contribution < 1.29 is 4.74 Å². The van der Waals surface area contributed by atoms with E-state index in [9.17, 15) is 0 Å². The van der Waals surface area contributed by atoms with E-state index in [1.807, 2.05) is 0 Å². The third-order valence-electron chi connectivity index (χ3n) is 5.90. The first-order valence-electron chi connectivity index (χ1n) is 7.93. The first-order chi connectivity index (χ1) is 9.60. The second kappa shape index (κ2) is 5.07. The van der Waals surface area contributed by atoms with Crippen LogP contribution < -0.4 is 4.74 Å². The molecule has 2 unspecified atom stereocenters. The molecule has 3 rings (SSSR count). The van der Waals surface area contributed by atoms with Gasteiger partial charge in [-0.25, -0.2) is 0 Å². The van der Waals surface area contributed by atoms with Crippen LogP contribution >= 0.6 is 0 Å². The number of fused-ring (bicyclic) bond motifs is 1. The van der Waals surface area contributed by atoms with Crippen LogP contribution in [0.15, 0.2) is 24.3 Å². The molecular formula is C18H27NO. The molecule has 0 aromatic heterocycles. The number of nitrogens with zero attached hydrogens (tertiary/aromatic N) is 1. The molecule has 1 aromatic rings. The lowest BCUT2D eigenvalue weighted by Crippen LogP contribution is -2.57. The van der Waals surface area contributed by atoms with E-state index in [-0.39, 0.29) is 0 Å². The SMILES string of the molecule is COc1cccc(C23CCCCC2(C)CN(C)CC3)c1. The predicted octanol–water partition coefficient (Wildman–Crippen LogP) is 3.85. The molecule has 0 radical (unpaired) electrons. The number of likely N-dealkylation sites (tertiary alicyclic amines) is 1. The molecule has 1 saturated carbocycles. The molecule has 2 aliphatic rings. The molecule has 20 heavy (non-hydrogen) atoms. The van der Waals surface area contributed by atoms with Gasteiger partial charge in [0, 0.05) is 12.0 Å². The summed E-state index contributed by atoms with van der Waals surface area (Å²) in [4.78, 5) is 2.52. The van der Waals surface area contributed by atoms with Crippen molar-refractivity contribution in [3.8, 4) is 5.75 Å². The van der Waals surface area contributed by atoms with E-state index in [2.05, 4.69) is 43.1 Å². The Bertz CT molecular complexity index is 486. The van der Waals surface area contributed by atoms with Crippen molar-refractivity contribution in [1.29, 1.82) is 0 Å². The number of hydrogen-bond acceptors (Lipinski definition) is 2. The Kier molecular flexibility index (Phi) is 3.53. The van der Waals surface area contributed by atoms with Crippen LogP contribution in [0.3, 0.4) is 0 Å². The largest absolute Gasteiger partial charge is 0.497 e. The molecule has 2 fully saturated rings. The van der Waals surface area contributed by atoms with Gasteiger partial charge in [-0.15, -0.1) is 0 Å². The van der Waals surface area contributed by atoms with Crippen LogP contribution in [-0.2, 0) is 5.41 Å². The fourth-order valence-corrected chi connectivity index (χ4v) is 4.75. The molecule has 1 aromatic carbocycles. The van der Waals surface area contributed by atoms with Crippen molar-refractivity contribution in [1.82, 2.24) is 4.90 Å². The molecule has 1 heterocycles. The Balaban J connectivity index is 2.05. The maximum Gasteiger partial charge on any atom is 0.119 e. The van der Waals surface area contributed by atoms with Gasteiger partial charge in [0.2, 0.25) is 0 Å². The lowest BCUT2D eigenvalue weighted by atomic mass is 9.51. The van der Waals surface area contributed by atoms with Gasteiger partial charge in [-0.05, 0) is 56.0 Å². The first kappa shape index (κ1) is 13.9. The molecule has 1 aliphatic carbocycles. The number of methoxy groups -OCH3 is 1. The van der Waals surface area contributed by atoms with Gasteiger partial charge in [-0.2, -0.15) is 0 Å². The number of piperidine rings is 1. The van der Waals surface area contributed by atoms with Crippen LogP contribution in [0.4, 0.5) is 0 Å². The molecule has 0 spiro atoms. The Morgan fingerprint density at radius 3 is 2.75 bits per heavy atom. The zero-order valence-electron chi connectivity index (χ0n) is 13.1. The highest BCUT2D eigenvalue weighted by molar-refractivity contribution is 5.37. The Hall–Kier alpha value is -1.02. The average Bonchev–Trinajstić information content (AvgIpc) is 2.46. The van der Waals surface area contributed by atoms with Gasteiger partial charge in [0.15, 0.2) is 0 Å². The Morgan fingerprint density at radius 2 is 1.95 bits per heavy atom. The van der Waals surface area contributed by atoms with E-state index in [0.717, 1.165) is 5.75 Å².